The molecule has 4 aromatic rings. The van der Waals surface area contributed by atoms with E-state index < -0.39 is 0 Å². The van der Waals surface area contributed by atoms with E-state index in [1.54, 1.807) is 11.8 Å². The predicted octanol–water partition coefficient (Wildman–Crippen LogP) is 7.42. The van der Waals surface area contributed by atoms with Gasteiger partial charge in [0, 0.05) is 31.1 Å². The van der Waals surface area contributed by atoms with Crippen LogP contribution in [0.3, 0.4) is 0 Å². The number of H-pyrrole nitrogens is 1. The van der Waals surface area contributed by atoms with Crippen LogP contribution in [0.4, 0.5) is 5.69 Å². The molecule has 2 aliphatic carbocycles. The van der Waals surface area contributed by atoms with Gasteiger partial charge in [0.25, 0.3) is 0 Å². The molecule has 3 fully saturated rings. The van der Waals surface area contributed by atoms with E-state index in [0.717, 1.165) is 43.2 Å². The number of carbonyl (C=O) groups is 2. The van der Waals surface area contributed by atoms with E-state index >= 15 is 0 Å². The lowest BCUT2D eigenvalue weighted by molar-refractivity contribution is -0.123. The number of thioether (sulfide) groups is 1. The number of amides is 2. The number of aryl methyl sites for hydroxylation is 1. The van der Waals surface area contributed by atoms with Gasteiger partial charge in [-0.05, 0) is 79.1 Å². The van der Waals surface area contributed by atoms with Gasteiger partial charge in [-0.2, -0.15) is 0 Å². The fraction of sp³-hybridized carbons (Fsp3) is 0.303. The number of anilines is 1. The Hall–Kier alpha value is -2.85. The number of ether oxygens (including phenoxy) is 1. The molecule has 8 rings (SSSR count). The highest BCUT2D eigenvalue weighted by atomic mass is 79.9. The van der Waals surface area contributed by atoms with Crippen LogP contribution in [0.2, 0.25) is 5.02 Å². The summed E-state index contributed by atoms with van der Waals surface area (Å²) in [5, 5.41) is 1.62. The van der Waals surface area contributed by atoms with Crippen molar-refractivity contribution in [3.05, 3.63) is 107 Å². The summed E-state index contributed by atoms with van der Waals surface area (Å²) in [5.74, 6) is -0.122. The Kier molecular flexibility index (Phi) is 6.67. The zero-order chi connectivity index (χ0) is 29.6. The van der Waals surface area contributed by atoms with Crippen LogP contribution < -0.4 is 14.5 Å². The molecule has 7 atom stereocenters. The Morgan fingerprint density at radius 3 is 2.53 bits per heavy atom. The average molecular weight is 694 g/mol. The van der Waals surface area contributed by atoms with Crippen LogP contribution in [0.1, 0.15) is 33.9 Å². The number of hydrogen-bond donors (Lipinski definition) is 1. The molecule has 10 heteroatoms. The third-order valence-electron chi connectivity index (χ3n) is 9.61. The van der Waals surface area contributed by atoms with Crippen molar-refractivity contribution in [2.75, 3.05) is 4.90 Å². The van der Waals surface area contributed by atoms with Crippen molar-refractivity contribution in [1.82, 2.24) is 4.98 Å². The molecule has 0 radical (unpaired) electrons. The SMILES string of the molecule is Cc1ccc(N2C(=O)C3C(C2=O)[C@@H]2C[C@H]3C3Sc4[nH]c(=O)sc4C(c4cc(Br)ccc4OCc4cccc(Cl)c4)C32)cc1. The highest BCUT2D eigenvalue weighted by Crippen LogP contribution is 2.69. The molecule has 2 saturated carbocycles. The lowest BCUT2D eigenvalue weighted by Gasteiger charge is -2.43. The van der Waals surface area contributed by atoms with Crippen molar-refractivity contribution in [2.45, 2.75) is 36.1 Å². The average Bonchev–Trinajstić information content (AvgIpc) is 3.72. The largest absolute Gasteiger partial charge is 0.489 e. The number of nitrogens with one attached hydrogen (secondary N) is 1. The summed E-state index contributed by atoms with van der Waals surface area (Å²) >= 11 is 12.8. The number of nitrogens with zero attached hydrogens (tertiary/aromatic N) is 1. The normalized spacial score (nSPS) is 28.6. The van der Waals surface area contributed by atoms with Crippen LogP contribution >= 0.6 is 50.6 Å². The van der Waals surface area contributed by atoms with Crippen LogP contribution in [0.5, 0.6) is 5.75 Å². The van der Waals surface area contributed by atoms with Crippen LogP contribution in [-0.4, -0.2) is 22.0 Å². The molecule has 43 heavy (non-hydrogen) atoms. The maximum atomic E-state index is 14.0. The zero-order valence-electron chi connectivity index (χ0n) is 23.0. The van der Waals surface area contributed by atoms with Crippen LogP contribution in [0.25, 0.3) is 0 Å². The molecule has 1 N–H and O–H groups in total. The number of thiazole rings is 1. The van der Waals surface area contributed by atoms with E-state index in [1.807, 2.05) is 67.6 Å². The van der Waals surface area contributed by atoms with Crippen LogP contribution in [-0.2, 0) is 16.2 Å². The van der Waals surface area contributed by atoms with Crippen LogP contribution in [0.15, 0.2) is 81.0 Å². The summed E-state index contributed by atoms with van der Waals surface area (Å²) < 4.78 is 7.36. The number of halogens is 2. The zero-order valence-corrected chi connectivity index (χ0v) is 26.9. The lowest BCUT2D eigenvalue weighted by atomic mass is 9.68. The molecule has 2 bridgehead atoms. The first-order chi connectivity index (χ1) is 20.8. The van der Waals surface area contributed by atoms with Gasteiger partial charge in [0.05, 0.1) is 22.5 Å². The van der Waals surface area contributed by atoms with Gasteiger partial charge in [-0.1, -0.05) is 68.7 Å². The van der Waals surface area contributed by atoms with E-state index in [4.69, 9.17) is 16.3 Å². The van der Waals surface area contributed by atoms with Crippen molar-refractivity contribution in [3.63, 3.8) is 0 Å². The van der Waals surface area contributed by atoms with Gasteiger partial charge in [-0.25, -0.2) is 0 Å². The minimum Gasteiger partial charge on any atom is -0.489 e. The van der Waals surface area contributed by atoms with Crippen molar-refractivity contribution < 1.29 is 14.3 Å². The van der Waals surface area contributed by atoms with Crippen molar-refractivity contribution >= 4 is 68.1 Å². The summed E-state index contributed by atoms with van der Waals surface area (Å²) in [6, 6.07) is 21.2. The highest BCUT2D eigenvalue weighted by Gasteiger charge is 2.69. The van der Waals surface area contributed by atoms with Gasteiger partial charge in [0.1, 0.15) is 12.4 Å². The number of rotatable bonds is 5. The lowest BCUT2D eigenvalue weighted by Crippen LogP contribution is -2.42. The van der Waals surface area contributed by atoms with Gasteiger partial charge < -0.3 is 9.72 Å². The van der Waals surface area contributed by atoms with E-state index in [0.29, 0.717) is 17.3 Å². The van der Waals surface area contributed by atoms with Gasteiger partial charge in [0.2, 0.25) is 11.8 Å². The Balaban J connectivity index is 1.20. The molecule has 5 unspecified atom stereocenters. The number of carbonyl (C=O) groups excluding carboxylic acids is 2. The summed E-state index contributed by atoms with van der Waals surface area (Å²) in [6.45, 7) is 2.34. The fourth-order valence-corrected chi connectivity index (χ4v) is 11.5. The van der Waals surface area contributed by atoms with Crippen molar-refractivity contribution in [2.24, 2.45) is 29.6 Å². The van der Waals surface area contributed by atoms with E-state index in [1.165, 1.54) is 16.2 Å². The molecular formula is C33H26BrClN2O4S2. The number of fused-ring (bicyclic) bond motifs is 9. The summed E-state index contributed by atoms with van der Waals surface area (Å²) in [5.41, 5.74) is 3.67. The molecule has 2 aliphatic heterocycles. The first-order valence-electron chi connectivity index (χ1n) is 14.3. The van der Waals surface area contributed by atoms with Crippen LogP contribution in [0, 0.1) is 36.5 Å². The smallest absolute Gasteiger partial charge is 0.305 e. The van der Waals surface area contributed by atoms with Gasteiger partial charge in [-0.3, -0.25) is 19.3 Å². The van der Waals surface area contributed by atoms with Crippen molar-refractivity contribution in [1.29, 1.82) is 0 Å². The quantitative estimate of drug-likeness (QED) is 0.220. The second-order valence-electron chi connectivity index (χ2n) is 11.9. The third kappa shape index (κ3) is 4.37. The Morgan fingerprint density at radius 2 is 1.77 bits per heavy atom. The Labute approximate surface area is 269 Å². The number of aromatic amines is 1. The first kappa shape index (κ1) is 27.7. The van der Waals surface area contributed by atoms with E-state index in [-0.39, 0.29) is 57.4 Å². The monoisotopic (exact) mass is 692 g/mol. The predicted molar refractivity (Wildman–Crippen MR) is 172 cm³/mol. The molecule has 1 saturated heterocycles. The second kappa shape index (κ2) is 10.4. The first-order valence-corrected chi connectivity index (χ1v) is 17.2. The van der Waals surface area contributed by atoms with E-state index in [9.17, 15) is 14.4 Å². The molecule has 4 aliphatic rings. The fourth-order valence-electron chi connectivity index (χ4n) is 7.99. The van der Waals surface area contributed by atoms with Gasteiger partial charge >= 0.3 is 4.87 Å². The standard InChI is InChI=1S/C33H26BrClN2O4S2/c1-15-5-8-19(9-6-15)37-31(38)26-21-13-22(27(26)32(37)39)28-25(21)24(29-30(42-28)36-33(40)43-29)20-12-17(34)7-10-23(20)41-14-16-3-2-4-18(35)11-16/h2-12,21-22,24-28H,13-14H2,1H3,(H,36,40)/t21-,22-,24?,25?,26?,27?,28?/m1/s1. The molecule has 2 amide bonds. The summed E-state index contributed by atoms with van der Waals surface area (Å²) in [7, 11) is 0. The maximum absolute atomic E-state index is 14.0. The molecule has 0 spiro atoms. The third-order valence-corrected chi connectivity index (χ3v) is 12.9. The maximum Gasteiger partial charge on any atom is 0.305 e. The molecule has 6 nitrogen and oxygen atoms in total. The van der Waals surface area contributed by atoms with Crippen molar-refractivity contribution in [3.8, 4) is 5.75 Å². The molecule has 3 heterocycles. The minimum absolute atomic E-state index is 0.0227. The molecule has 3 aromatic carbocycles. The molecular weight excluding hydrogens is 668 g/mol. The minimum atomic E-state index is -0.358. The number of hydrogen-bond acceptors (Lipinski definition) is 6. The van der Waals surface area contributed by atoms with Gasteiger partial charge in [-0.15, -0.1) is 11.8 Å². The Bertz CT molecular complexity index is 1860. The topological polar surface area (TPSA) is 79.5 Å². The van der Waals surface area contributed by atoms with Gasteiger partial charge in [0.15, 0.2) is 0 Å². The molecule has 1 aromatic heterocycles. The molecule has 218 valence electrons. The highest BCUT2D eigenvalue weighted by molar-refractivity contribution is 9.10. The number of imide groups is 1. The Morgan fingerprint density at radius 1 is 1.00 bits per heavy atom. The van der Waals surface area contributed by atoms with E-state index in [2.05, 4.69) is 27.0 Å². The summed E-state index contributed by atoms with van der Waals surface area (Å²) in [6.07, 6.45) is 0.833. The second-order valence-corrected chi connectivity index (χ2v) is 15.5. The number of benzene rings is 3. The number of aromatic nitrogens is 1. The summed E-state index contributed by atoms with van der Waals surface area (Å²) in [4.78, 5) is 46.1.